The van der Waals surface area contributed by atoms with Crippen molar-refractivity contribution in [3.8, 4) is 32.8 Å². The molecule has 0 aliphatic carbocycles. The lowest BCUT2D eigenvalue weighted by molar-refractivity contribution is 0.669. The Hall–Kier alpha value is -5.97. The summed E-state index contributed by atoms with van der Waals surface area (Å²) in [6.45, 7) is 0. The molecule has 0 saturated carbocycles. The molecule has 0 radical (unpaired) electrons. The standard InChI is InChI=1S/C43H28N2OS/c1-4-11-29(12-5-1)31-19-21-34(22-20-31)45(35-18-10-17-33(27-35)30-13-6-2-7-14-30)36-23-25-39-37(28-36)41-40(46-39)26-24-38-42(41)47-43(44-38)32-15-8-3-9-16-32/h1-28H. The van der Waals surface area contributed by atoms with Crippen molar-refractivity contribution >= 4 is 60.6 Å². The van der Waals surface area contributed by atoms with Gasteiger partial charge in [0.2, 0.25) is 0 Å². The molecular formula is C43H28N2OS. The Bertz CT molecular complexity index is 2500. The molecule has 47 heavy (non-hydrogen) atoms. The van der Waals surface area contributed by atoms with Crippen molar-refractivity contribution < 1.29 is 4.42 Å². The van der Waals surface area contributed by atoms with Gasteiger partial charge in [-0.05, 0) is 76.9 Å². The fourth-order valence-electron chi connectivity index (χ4n) is 6.41. The van der Waals surface area contributed by atoms with E-state index in [0.29, 0.717) is 0 Å². The molecule has 0 saturated heterocycles. The lowest BCUT2D eigenvalue weighted by Gasteiger charge is -2.26. The molecule has 2 aromatic heterocycles. The zero-order valence-electron chi connectivity index (χ0n) is 25.4. The highest BCUT2D eigenvalue weighted by Crippen LogP contribution is 2.43. The molecule has 0 atom stereocenters. The molecule has 0 unspecified atom stereocenters. The number of benzene rings is 7. The van der Waals surface area contributed by atoms with Gasteiger partial charge in [0.25, 0.3) is 0 Å². The van der Waals surface area contributed by atoms with Crippen molar-refractivity contribution in [2.45, 2.75) is 0 Å². The molecule has 0 N–H and O–H groups in total. The molecule has 9 aromatic rings. The van der Waals surface area contributed by atoms with Crippen LogP contribution in [-0.4, -0.2) is 4.98 Å². The summed E-state index contributed by atoms with van der Waals surface area (Å²) in [5.41, 5.74) is 11.8. The second-order valence-electron chi connectivity index (χ2n) is 11.6. The van der Waals surface area contributed by atoms with Gasteiger partial charge in [0, 0.05) is 33.4 Å². The van der Waals surface area contributed by atoms with E-state index >= 15 is 0 Å². The number of furan rings is 1. The van der Waals surface area contributed by atoms with Crippen molar-refractivity contribution in [3.05, 3.63) is 170 Å². The normalized spacial score (nSPS) is 11.4. The first kappa shape index (κ1) is 27.3. The lowest BCUT2D eigenvalue weighted by Crippen LogP contribution is -2.10. The summed E-state index contributed by atoms with van der Waals surface area (Å²) >= 11 is 1.72. The van der Waals surface area contributed by atoms with Crippen LogP contribution in [-0.2, 0) is 0 Å². The molecule has 0 spiro atoms. The number of hydrogen-bond acceptors (Lipinski definition) is 4. The fraction of sp³-hybridized carbons (Fsp3) is 0. The van der Waals surface area contributed by atoms with Crippen LogP contribution >= 0.6 is 11.3 Å². The van der Waals surface area contributed by atoms with E-state index in [1.165, 1.54) is 22.3 Å². The predicted molar refractivity (Wildman–Crippen MR) is 198 cm³/mol. The van der Waals surface area contributed by atoms with E-state index in [1.54, 1.807) is 11.3 Å². The Morgan fingerprint density at radius 1 is 0.447 bits per heavy atom. The van der Waals surface area contributed by atoms with Gasteiger partial charge in [-0.2, -0.15) is 0 Å². The zero-order valence-corrected chi connectivity index (χ0v) is 26.2. The van der Waals surface area contributed by atoms with E-state index in [9.17, 15) is 0 Å². The summed E-state index contributed by atoms with van der Waals surface area (Å²) < 4.78 is 7.56. The van der Waals surface area contributed by atoms with Crippen LogP contribution in [0, 0.1) is 0 Å². The maximum atomic E-state index is 6.42. The van der Waals surface area contributed by atoms with Gasteiger partial charge in [-0.25, -0.2) is 4.98 Å². The van der Waals surface area contributed by atoms with Crippen molar-refractivity contribution in [1.82, 2.24) is 4.98 Å². The van der Waals surface area contributed by atoms with Gasteiger partial charge >= 0.3 is 0 Å². The van der Waals surface area contributed by atoms with E-state index < -0.39 is 0 Å². The van der Waals surface area contributed by atoms with Crippen LogP contribution in [0.1, 0.15) is 0 Å². The first-order chi connectivity index (χ1) is 23.3. The maximum Gasteiger partial charge on any atom is 0.137 e. The molecule has 3 nitrogen and oxygen atoms in total. The van der Waals surface area contributed by atoms with Crippen LogP contribution in [0.15, 0.2) is 174 Å². The third kappa shape index (κ3) is 4.96. The van der Waals surface area contributed by atoms with Gasteiger partial charge in [0.1, 0.15) is 16.2 Å². The van der Waals surface area contributed by atoms with E-state index in [-0.39, 0.29) is 0 Å². The third-order valence-corrected chi connectivity index (χ3v) is 9.83. The molecule has 0 fully saturated rings. The average molecular weight is 621 g/mol. The Morgan fingerprint density at radius 3 is 1.74 bits per heavy atom. The van der Waals surface area contributed by atoms with E-state index in [0.717, 1.165) is 59.8 Å². The monoisotopic (exact) mass is 620 g/mol. The Morgan fingerprint density at radius 2 is 1.02 bits per heavy atom. The summed E-state index contributed by atoms with van der Waals surface area (Å²) in [6.07, 6.45) is 0. The summed E-state index contributed by atoms with van der Waals surface area (Å²) in [4.78, 5) is 7.35. The molecule has 0 aliphatic rings. The largest absolute Gasteiger partial charge is 0.456 e. The van der Waals surface area contributed by atoms with Crippen molar-refractivity contribution in [3.63, 3.8) is 0 Å². The third-order valence-electron chi connectivity index (χ3n) is 8.69. The maximum absolute atomic E-state index is 6.42. The van der Waals surface area contributed by atoms with Crippen LogP contribution in [0.4, 0.5) is 17.1 Å². The molecule has 0 amide bonds. The molecule has 222 valence electrons. The number of rotatable bonds is 6. The van der Waals surface area contributed by atoms with Crippen molar-refractivity contribution in [1.29, 1.82) is 0 Å². The minimum Gasteiger partial charge on any atom is -0.456 e. The topological polar surface area (TPSA) is 29.3 Å². The zero-order chi connectivity index (χ0) is 31.2. The SMILES string of the molecule is c1ccc(-c2ccc(N(c3cccc(-c4ccccc4)c3)c3ccc4oc5ccc6nc(-c7ccccc7)sc6c5c4c3)cc2)cc1. The van der Waals surface area contributed by atoms with Crippen LogP contribution in [0.25, 0.3) is 65.0 Å². The number of anilines is 3. The Labute approximate surface area is 276 Å². The van der Waals surface area contributed by atoms with Crippen LogP contribution < -0.4 is 4.90 Å². The quantitative estimate of drug-likeness (QED) is 0.185. The molecule has 7 aromatic carbocycles. The van der Waals surface area contributed by atoms with Gasteiger partial charge in [0.05, 0.1) is 10.2 Å². The second kappa shape index (κ2) is 11.4. The van der Waals surface area contributed by atoms with Gasteiger partial charge in [-0.3, -0.25) is 0 Å². The molecular weight excluding hydrogens is 593 g/mol. The summed E-state index contributed by atoms with van der Waals surface area (Å²) in [7, 11) is 0. The predicted octanol–water partition coefficient (Wildman–Crippen LogP) is 12.7. The van der Waals surface area contributed by atoms with Crippen molar-refractivity contribution in [2.24, 2.45) is 0 Å². The van der Waals surface area contributed by atoms with E-state index in [2.05, 4.69) is 169 Å². The smallest absolute Gasteiger partial charge is 0.137 e. The highest BCUT2D eigenvalue weighted by molar-refractivity contribution is 7.22. The average Bonchev–Trinajstić information content (AvgIpc) is 3.75. The number of thiazole rings is 1. The van der Waals surface area contributed by atoms with E-state index in [4.69, 9.17) is 9.40 Å². The summed E-state index contributed by atoms with van der Waals surface area (Å²) in [5.74, 6) is 0. The van der Waals surface area contributed by atoms with Crippen LogP contribution in [0.2, 0.25) is 0 Å². The van der Waals surface area contributed by atoms with Gasteiger partial charge in [-0.15, -0.1) is 11.3 Å². The highest BCUT2D eigenvalue weighted by atomic mass is 32.1. The summed E-state index contributed by atoms with van der Waals surface area (Å²) in [5, 5.41) is 3.20. The Kier molecular flexibility index (Phi) is 6.65. The first-order valence-electron chi connectivity index (χ1n) is 15.7. The molecule has 4 heteroatoms. The number of fused-ring (bicyclic) bond motifs is 5. The van der Waals surface area contributed by atoms with Gasteiger partial charge in [0.15, 0.2) is 0 Å². The van der Waals surface area contributed by atoms with Crippen LogP contribution in [0.3, 0.4) is 0 Å². The van der Waals surface area contributed by atoms with Crippen LogP contribution in [0.5, 0.6) is 0 Å². The fourth-order valence-corrected chi connectivity index (χ4v) is 7.54. The first-order valence-corrected chi connectivity index (χ1v) is 16.5. The number of nitrogens with zero attached hydrogens (tertiary/aromatic N) is 2. The molecule has 2 heterocycles. The highest BCUT2D eigenvalue weighted by Gasteiger charge is 2.19. The second-order valence-corrected chi connectivity index (χ2v) is 12.6. The number of hydrogen-bond donors (Lipinski definition) is 0. The van der Waals surface area contributed by atoms with Crippen molar-refractivity contribution in [2.75, 3.05) is 4.90 Å². The van der Waals surface area contributed by atoms with Gasteiger partial charge in [-0.1, -0.05) is 115 Å². The van der Waals surface area contributed by atoms with E-state index in [1.807, 2.05) is 6.07 Å². The lowest BCUT2D eigenvalue weighted by atomic mass is 10.0. The molecule has 0 aliphatic heterocycles. The minimum absolute atomic E-state index is 0.864. The molecule has 0 bridgehead atoms. The minimum atomic E-state index is 0.864. The number of aromatic nitrogens is 1. The Balaban J connectivity index is 1.22. The van der Waals surface area contributed by atoms with Gasteiger partial charge < -0.3 is 9.32 Å². The molecule has 9 rings (SSSR count). The summed E-state index contributed by atoms with van der Waals surface area (Å²) in [6, 6.07) is 59.7.